The average Bonchev–Trinajstić information content (AvgIpc) is 2.39. The van der Waals surface area contributed by atoms with Crippen molar-refractivity contribution in [2.24, 2.45) is 0 Å². The fourth-order valence-electron chi connectivity index (χ4n) is 1.34. The molecule has 2 aromatic rings. The predicted octanol–water partition coefficient (Wildman–Crippen LogP) is 1.54. The summed E-state index contributed by atoms with van der Waals surface area (Å²) in [4.78, 5) is 8.25. The first-order valence-corrected chi connectivity index (χ1v) is 5.10. The third kappa shape index (κ3) is 2.69. The maximum absolute atomic E-state index is 8.80. The average molecular weight is 225 g/mol. The van der Waals surface area contributed by atoms with E-state index in [1.165, 1.54) is 0 Å². The van der Waals surface area contributed by atoms with E-state index in [2.05, 4.69) is 15.3 Å². The van der Waals surface area contributed by atoms with Crippen molar-refractivity contribution in [3.63, 3.8) is 0 Å². The van der Waals surface area contributed by atoms with Crippen molar-refractivity contribution in [3.8, 4) is 6.07 Å². The Balaban J connectivity index is 2.08. The van der Waals surface area contributed by atoms with E-state index in [4.69, 9.17) is 11.0 Å². The van der Waals surface area contributed by atoms with Crippen molar-refractivity contribution >= 4 is 11.5 Å². The Morgan fingerprint density at radius 2 is 2.18 bits per heavy atom. The SMILES string of the molecule is N#Cc1nc(NCc2ccccn2)ccc1N. The third-order valence-corrected chi connectivity index (χ3v) is 2.21. The van der Waals surface area contributed by atoms with E-state index >= 15 is 0 Å². The zero-order valence-electron chi connectivity index (χ0n) is 9.09. The van der Waals surface area contributed by atoms with Gasteiger partial charge in [-0.05, 0) is 24.3 Å². The minimum atomic E-state index is 0.232. The van der Waals surface area contributed by atoms with Crippen LogP contribution in [-0.2, 0) is 6.54 Å². The molecule has 0 aliphatic heterocycles. The Bertz CT molecular complexity index is 545. The molecule has 0 fully saturated rings. The van der Waals surface area contributed by atoms with Crippen LogP contribution in [0.25, 0.3) is 0 Å². The second-order valence-corrected chi connectivity index (χ2v) is 3.42. The second kappa shape index (κ2) is 4.94. The van der Waals surface area contributed by atoms with Crippen molar-refractivity contribution in [1.29, 1.82) is 5.26 Å². The summed E-state index contributed by atoms with van der Waals surface area (Å²) in [7, 11) is 0. The van der Waals surface area contributed by atoms with E-state index in [1.54, 1.807) is 18.3 Å². The van der Waals surface area contributed by atoms with Gasteiger partial charge < -0.3 is 11.1 Å². The Labute approximate surface area is 98.9 Å². The molecule has 0 spiro atoms. The van der Waals surface area contributed by atoms with E-state index < -0.39 is 0 Å². The summed E-state index contributed by atoms with van der Waals surface area (Å²) in [5.74, 6) is 0.612. The van der Waals surface area contributed by atoms with Crippen molar-refractivity contribution in [3.05, 3.63) is 47.9 Å². The summed E-state index contributed by atoms with van der Waals surface area (Å²) in [6, 6.07) is 11.0. The van der Waals surface area contributed by atoms with E-state index in [-0.39, 0.29) is 5.69 Å². The lowest BCUT2D eigenvalue weighted by Crippen LogP contribution is -2.04. The number of hydrogen-bond donors (Lipinski definition) is 2. The van der Waals surface area contributed by atoms with Gasteiger partial charge in [0.15, 0.2) is 5.69 Å². The van der Waals surface area contributed by atoms with Crippen molar-refractivity contribution < 1.29 is 0 Å². The Morgan fingerprint density at radius 3 is 2.88 bits per heavy atom. The van der Waals surface area contributed by atoms with E-state index in [1.807, 2.05) is 24.3 Å². The lowest BCUT2D eigenvalue weighted by Gasteiger charge is -2.05. The van der Waals surface area contributed by atoms with Gasteiger partial charge in [0.2, 0.25) is 0 Å². The smallest absolute Gasteiger partial charge is 0.165 e. The Morgan fingerprint density at radius 1 is 1.29 bits per heavy atom. The molecule has 0 bridgehead atoms. The number of nitrogens with two attached hydrogens (primary N) is 1. The van der Waals surface area contributed by atoms with Crippen molar-refractivity contribution in [2.45, 2.75) is 6.54 Å². The van der Waals surface area contributed by atoms with Gasteiger partial charge in [-0.3, -0.25) is 4.98 Å². The van der Waals surface area contributed by atoms with Gasteiger partial charge in [-0.25, -0.2) is 4.98 Å². The normalized spacial score (nSPS) is 9.59. The molecule has 0 atom stereocenters. The number of rotatable bonds is 3. The van der Waals surface area contributed by atoms with E-state index in [9.17, 15) is 0 Å². The highest BCUT2D eigenvalue weighted by atomic mass is 15.0. The molecule has 0 radical (unpaired) electrons. The van der Waals surface area contributed by atoms with Gasteiger partial charge in [0.1, 0.15) is 11.9 Å². The fourth-order valence-corrected chi connectivity index (χ4v) is 1.34. The number of nitriles is 1. The molecule has 0 unspecified atom stereocenters. The monoisotopic (exact) mass is 225 g/mol. The van der Waals surface area contributed by atoms with Crippen molar-refractivity contribution in [2.75, 3.05) is 11.1 Å². The van der Waals surface area contributed by atoms with Gasteiger partial charge in [0, 0.05) is 6.20 Å². The molecule has 0 aromatic carbocycles. The second-order valence-electron chi connectivity index (χ2n) is 3.42. The van der Waals surface area contributed by atoms with Crippen LogP contribution in [0.1, 0.15) is 11.4 Å². The minimum Gasteiger partial charge on any atom is -0.396 e. The Kier molecular flexibility index (Phi) is 3.17. The van der Waals surface area contributed by atoms with Gasteiger partial charge in [-0.15, -0.1) is 0 Å². The number of aromatic nitrogens is 2. The summed E-state index contributed by atoms with van der Waals surface area (Å²) in [6.07, 6.45) is 1.73. The molecule has 5 heteroatoms. The van der Waals surface area contributed by atoms with Crippen molar-refractivity contribution in [1.82, 2.24) is 9.97 Å². The molecule has 0 saturated heterocycles. The molecule has 0 amide bonds. The predicted molar refractivity (Wildman–Crippen MR) is 64.9 cm³/mol. The molecule has 2 rings (SSSR count). The van der Waals surface area contributed by atoms with Crippen LogP contribution in [0.4, 0.5) is 11.5 Å². The van der Waals surface area contributed by atoms with Gasteiger partial charge in [0.05, 0.1) is 17.9 Å². The highest BCUT2D eigenvalue weighted by molar-refractivity contribution is 5.54. The molecule has 3 N–H and O–H groups in total. The highest BCUT2D eigenvalue weighted by Crippen LogP contribution is 2.12. The minimum absolute atomic E-state index is 0.232. The maximum atomic E-state index is 8.80. The Hall–Kier alpha value is -2.61. The van der Waals surface area contributed by atoms with E-state index in [0.717, 1.165) is 5.69 Å². The van der Waals surface area contributed by atoms with Crippen LogP contribution in [0.2, 0.25) is 0 Å². The number of pyridine rings is 2. The lowest BCUT2D eigenvalue weighted by atomic mass is 10.3. The van der Waals surface area contributed by atoms with Crippen LogP contribution in [0.3, 0.4) is 0 Å². The quantitative estimate of drug-likeness (QED) is 0.827. The summed E-state index contributed by atoms with van der Waals surface area (Å²) in [6.45, 7) is 0.558. The molecule has 0 saturated carbocycles. The summed E-state index contributed by atoms with van der Waals surface area (Å²) < 4.78 is 0. The standard InChI is InChI=1S/C12H11N5/c13-7-11-10(14)4-5-12(17-11)16-8-9-3-1-2-6-15-9/h1-6H,8,14H2,(H,16,17). The molecule has 17 heavy (non-hydrogen) atoms. The fraction of sp³-hybridized carbons (Fsp3) is 0.0833. The zero-order chi connectivity index (χ0) is 12.1. The number of hydrogen-bond acceptors (Lipinski definition) is 5. The van der Waals surface area contributed by atoms with E-state index in [0.29, 0.717) is 18.1 Å². The van der Waals surface area contributed by atoms with Crippen LogP contribution < -0.4 is 11.1 Å². The summed E-state index contributed by atoms with van der Waals surface area (Å²) in [5, 5.41) is 11.9. The van der Waals surface area contributed by atoms with Gasteiger partial charge >= 0.3 is 0 Å². The first kappa shape index (κ1) is 10.9. The third-order valence-electron chi connectivity index (χ3n) is 2.21. The molecule has 84 valence electrons. The molecule has 2 heterocycles. The summed E-state index contributed by atoms with van der Waals surface area (Å²) >= 11 is 0. The molecule has 2 aromatic heterocycles. The first-order valence-electron chi connectivity index (χ1n) is 5.10. The van der Waals surface area contributed by atoms with Gasteiger partial charge in [-0.1, -0.05) is 6.07 Å². The van der Waals surface area contributed by atoms with Crippen LogP contribution >= 0.6 is 0 Å². The summed E-state index contributed by atoms with van der Waals surface area (Å²) in [5.41, 5.74) is 7.11. The molecular formula is C12H11N5. The van der Waals surface area contributed by atoms with Crippen LogP contribution in [0.15, 0.2) is 36.5 Å². The van der Waals surface area contributed by atoms with Crippen LogP contribution in [0.5, 0.6) is 0 Å². The topological polar surface area (TPSA) is 87.6 Å². The lowest BCUT2D eigenvalue weighted by molar-refractivity contribution is 1.03. The van der Waals surface area contributed by atoms with Gasteiger partial charge in [-0.2, -0.15) is 5.26 Å². The number of nitrogen functional groups attached to an aromatic ring is 1. The molecule has 0 aliphatic rings. The first-order chi connectivity index (χ1) is 8.29. The number of nitrogens with zero attached hydrogens (tertiary/aromatic N) is 3. The number of nitrogens with one attached hydrogen (secondary N) is 1. The number of anilines is 2. The molecule has 5 nitrogen and oxygen atoms in total. The molecular weight excluding hydrogens is 214 g/mol. The zero-order valence-corrected chi connectivity index (χ0v) is 9.09. The van der Waals surface area contributed by atoms with Crippen LogP contribution in [-0.4, -0.2) is 9.97 Å². The highest BCUT2D eigenvalue weighted by Gasteiger charge is 2.01. The largest absolute Gasteiger partial charge is 0.396 e. The van der Waals surface area contributed by atoms with Crippen LogP contribution in [0, 0.1) is 11.3 Å². The molecule has 0 aliphatic carbocycles. The van der Waals surface area contributed by atoms with Gasteiger partial charge in [0.25, 0.3) is 0 Å². The maximum Gasteiger partial charge on any atom is 0.165 e.